The molecule has 3 aromatic rings. The lowest BCUT2D eigenvalue weighted by atomic mass is 9.91. The SMILES string of the molecule is COc1cc(C2CN(c3ccc(C(F)(F)F)cc3)CCN2C(=O)c2ccc(C3(O)COC3)cc2)ccn1. The van der Waals surface area contributed by atoms with E-state index >= 15 is 0 Å². The van der Waals surface area contributed by atoms with E-state index in [0.717, 1.165) is 17.7 Å². The maximum Gasteiger partial charge on any atom is 0.416 e. The monoisotopic (exact) mass is 513 g/mol. The highest BCUT2D eigenvalue weighted by molar-refractivity contribution is 5.94. The van der Waals surface area contributed by atoms with Crippen molar-refractivity contribution in [2.45, 2.75) is 17.8 Å². The predicted octanol–water partition coefficient (Wildman–Crippen LogP) is 4.03. The number of carbonyl (C=O) groups excluding carboxylic acids is 1. The first-order valence-corrected chi connectivity index (χ1v) is 11.8. The number of anilines is 1. The molecular weight excluding hydrogens is 487 g/mol. The van der Waals surface area contributed by atoms with Gasteiger partial charge in [0.2, 0.25) is 5.88 Å². The van der Waals surface area contributed by atoms with Crippen molar-refractivity contribution in [1.82, 2.24) is 9.88 Å². The maximum absolute atomic E-state index is 13.6. The minimum atomic E-state index is -4.41. The Hall–Kier alpha value is -3.63. The van der Waals surface area contributed by atoms with Crippen LogP contribution in [0, 0.1) is 0 Å². The number of amides is 1. The summed E-state index contributed by atoms with van der Waals surface area (Å²) in [5.41, 5.74) is 0.882. The zero-order valence-electron chi connectivity index (χ0n) is 20.1. The molecule has 10 heteroatoms. The number of piperazine rings is 1. The van der Waals surface area contributed by atoms with E-state index in [1.807, 2.05) is 4.90 Å². The van der Waals surface area contributed by atoms with Crippen molar-refractivity contribution in [2.75, 3.05) is 44.9 Å². The molecule has 7 nitrogen and oxygen atoms in total. The van der Waals surface area contributed by atoms with E-state index < -0.39 is 23.4 Å². The highest BCUT2D eigenvalue weighted by Gasteiger charge is 2.38. The molecule has 2 aromatic carbocycles. The number of methoxy groups -OCH3 is 1. The summed E-state index contributed by atoms with van der Waals surface area (Å²) in [6.45, 7) is 1.62. The second-order valence-corrected chi connectivity index (χ2v) is 9.24. The van der Waals surface area contributed by atoms with Gasteiger partial charge in [-0.05, 0) is 53.6 Å². The highest BCUT2D eigenvalue weighted by atomic mass is 19.4. The Kier molecular flexibility index (Phi) is 6.55. The van der Waals surface area contributed by atoms with Gasteiger partial charge in [0.05, 0.1) is 31.9 Å². The molecule has 2 aliphatic rings. The standard InChI is InChI=1S/C27H26F3N3O4/c1-36-24-14-19(10-11-31-24)23-15-32(22-8-6-21(7-9-22)27(28,29)30)12-13-33(23)25(34)18-2-4-20(5-3-18)26(35)16-37-17-26/h2-11,14,23,35H,12-13,15-17H2,1H3. The quantitative estimate of drug-likeness (QED) is 0.556. The van der Waals surface area contributed by atoms with Crippen LogP contribution in [-0.2, 0) is 16.5 Å². The molecule has 1 amide bonds. The molecule has 0 aliphatic carbocycles. The fraction of sp³-hybridized carbons (Fsp3) is 0.333. The molecule has 194 valence electrons. The van der Waals surface area contributed by atoms with Crippen molar-refractivity contribution < 1.29 is 32.5 Å². The van der Waals surface area contributed by atoms with Gasteiger partial charge in [0, 0.05) is 43.1 Å². The van der Waals surface area contributed by atoms with Gasteiger partial charge in [-0.2, -0.15) is 13.2 Å². The Morgan fingerprint density at radius 2 is 1.78 bits per heavy atom. The van der Waals surface area contributed by atoms with Gasteiger partial charge in [-0.3, -0.25) is 4.79 Å². The second-order valence-electron chi connectivity index (χ2n) is 9.24. The number of benzene rings is 2. The van der Waals surface area contributed by atoms with E-state index in [2.05, 4.69) is 4.98 Å². The molecule has 1 aromatic heterocycles. The molecule has 37 heavy (non-hydrogen) atoms. The molecule has 1 unspecified atom stereocenters. The van der Waals surface area contributed by atoms with E-state index in [1.165, 1.54) is 19.2 Å². The van der Waals surface area contributed by atoms with Gasteiger partial charge in [-0.1, -0.05) is 12.1 Å². The molecule has 0 saturated carbocycles. The fourth-order valence-corrected chi connectivity index (χ4v) is 4.70. The second kappa shape index (κ2) is 9.68. The number of pyridine rings is 1. The van der Waals surface area contributed by atoms with Crippen LogP contribution in [0.1, 0.15) is 33.1 Å². The topological polar surface area (TPSA) is 75.1 Å². The Balaban J connectivity index is 1.42. The first-order valence-electron chi connectivity index (χ1n) is 11.8. The van der Waals surface area contributed by atoms with Crippen LogP contribution in [-0.4, -0.2) is 60.9 Å². The Morgan fingerprint density at radius 1 is 1.08 bits per heavy atom. The van der Waals surface area contributed by atoms with Gasteiger partial charge in [0.1, 0.15) is 5.60 Å². The number of aliphatic hydroxyl groups is 1. The summed E-state index contributed by atoms with van der Waals surface area (Å²) in [5, 5.41) is 10.5. The van der Waals surface area contributed by atoms with Crippen LogP contribution in [0.3, 0.4) is 0 Å². The normalized spacial score (nSPS) is 19.3. The van der Waals surface area contributed by atoms with Crippen molar-refractivity contribution in [3.63, 3.8) is 0 Å². The Bertz CT molecular complexity index is 1260. The lowest BCUT2D eigenvalue weighted by Crippen LogP contribution is -2.51. The van der Waals surface area contributed by atoms with Gasteiger partial charge in [-0.25, -0.2) is 4.98 Å². The third-order valence-electron chi connectivity index (χ3n) is 6.90. The lowest BCUT2D eigenvalue weighted by Gasteiger charge is -2.43. The van der Waals surface area contributed by atoms with E-state index in [4.69, 9.17) is 9.47 Å². The summed E-state index contributed by atoms with van der Waals surface area (Å²) in [6.07, 6.45) is -2.80. The van der Waals surface area contributed by atoms with Gasteiger partial charge in [0.15, 0.2) is 0 Å². The largest absolute Gasteiger partial charge is 0.481 e. The fourth-order valence-electron chi connectivity index (χ4n) is 4.70. The van der Waals surface area contributed by atoms with Crippen LogP contribution in [0.25, 0.3) is 0 Å². The number of halogens is 3. The van der Waals surface area contributed by atoms with E-state index in [-0.39, 0.29) is 19.1 Å². The van der Waals surface area contributed by atoms with Crippen molar-refractivity contribution in [3.8, 4) is 5.88 Å². The molecular formula is C27H26F3N3O4. The van der Waals surface area contributed by atoms with E-state index in [1.54, 1.807) is 47.5 Å². The number of nitrogens with zero attached hydrogens (tertiary/aromatic N) is 3. The van der Waals surface area contributed by atoms with Gasteiger partial charge >= 0.3 is 6.18 Å². The lowest BCUT2D eigenvalue weighted by molar-refractivity contribution is -0.184. The number of ether oxygens (including phenoxy) is 2. The number of hydrogen-bond donors (Lipinski definition) is 1. The van der Waals surface area contributed by atoms with Crippen molar-refractivity contribution in [1.29, 1.82) is 0 Å². The Labute approximate surface area is 212 Å². The van der Waals surface area contributed by atoms with Crippen LogP contribution in [0.2, 0.25) is 0 Å². The molecule has 2 fully saturated rings. The molecule has 5 rings (SSSR count). The molecule has 0 bridgehead atoms. The van der Waals surface area contributed by atoms with Gasteiger partial charge < -0.3 is 24.4 Å². The third kappa shape index (κ3) is 4.99. The zero-order chi connectivity index (χ0) is 26.2. The first kappa shape index (κ1) is 25.0. The van der Waals surface area contributed by atoms with Gasteiger partial charge in [-0.15, -0.1) is 0 Å². The average Bonchev–Trinajstić information content (AvgIpc) is 2.90. The number of carbonyl (C=O) groups is 1. The van der Waals surface area contributed by atoms with Crippen LogP contribution in [0.5, 0.6) is 5.88 Å². The minimum absolute atomic E-state index is 0.184. The third-order valence-corrected chi connectivity index (χ3v) is 6.90. The first-order chi connectivity index (χ1) is 17.7. The molecule has 3 heterocycles. The van der Waals surface area contributed by atoms with Crippen LogP contribution in [0.15, 0.2) is 66.9 Å². The van der Waals surface area contributed by atoms with E-state index in [0.29, 0.717) is 42.3 Å². The van der Waals surface area contributed by atoms with Gasteiger partial charge in [0.25, 0.3) is 5.91 Å². The minimum Gasteiger partial charge on any atom is -0.481 e. The number of aromatic nitrogens is 1. The summed E-state index contributed by atoms with van der Waals surface area (Å²) in [5.74, 6) is 0.216. The molecule has 0 radical (unpaired) electrons. The van der Waals surface area contributed by atoms with Crippen LogP contribution in [0.4, 0.5) is 18.9 Å². The molecule has 2 saturated heterocycles. The van der Waals surface area contributed by atoms with Crippen LogP contribution < -0.4 is 9.64 Å². The molecule has 1 atom stereocenters. The summed E-state index contributed by atoms with van der Waals surface area (Å²) in [7, 11) is 1.51. The summed E-state index contributed by atoms with van der Waals surface area (Å²) < 4.78 is 49.5. The number of hydrogen-bond acceptors (Lipinski definition) is 6. The number of alkyl halides is 3. The summed E-state index contributed by atoms with van der Waals surface area (Å²) in [6, 6.07) is 15.1. The number of rotatable bonds is 5. The predicted molar refractivity (Wildman–Crippen MR) is 129 cm³/mol. The average molecular weight is 514 g/mol. The van der Waals surface area contributed by atoms with Crippen molar-refractivity contribution in [2.24, 2.45) is 0 Å². The van der Waals surface area contributed by atoms with Crippen LogP contribution >= 0.6 is 0 Å². The molecule has 0 spiro atoms. The van der Waals surface area contributed by atoms with E-state index in [9.17, 15) is 23.1 Å². The maximum atomic E-state index is 13.6. The van der Waals surface area contributed by atoms with Crippen molar-refractivity contribution >= 4 is 11.6 Å². The molecule has 1 N–H and O–H groups in total. The summed E-state index contributed by atoms with van der Waals surface area (Å²) in [4.78, 5) is 21.5. The Morgan fingerprint density at radius 3 is 2.38 bits per heavy atom. The smallest absolute Gasteiger partial charge is 0.416 e. The summed E-state index contributed by atoms with van der Waals surface area (Å²) >= 11 is 0. The molecule has 2 aliphatic heterocycles. The highest BCUT2D eigenvalue weighted by Crippen LogP contribution is 2.34. The van der Waals surface area contributed by atoms with Crippen molar-refractivity contribution in [3.05, 3.63) is 89.1 Å². The zero-order valence-corrected chi connectivity index (χ0v) is 20.1.